The number of carbonyl (C=O) groups excluding carboxylic acids is 4. The van der Waals surface area contributed by atoms with Crippen LogP contribution in [0.5, 0.6) is 0 Å². The van der Waals surface area contributed by atoms with Crippen molar-refractivity contribution in [3.8, 4) is 0 Å². The Morgan fingerprint density at radius 1 is 0.528 bits per heavy atom. The summed E-state index contributed by atoms with van der Waals surface area (Å²) in [4.78, 5) is 69.7. The van der Waals surface area contributed by atoms with Crippen LogP contribution in [0.15, 0.2) is 4.99 Å². The summed E-state index contributed by atoms with van der Waals surface area (Å²) in [6.45, 7) is 10.3. The molecule has 3 atom stereocenters. The summed E-state index contributed by atoms with van der Waals surface area (Å²) in [6.07, 6.45) is 39.4. The summed E-state index contributed by atoms with van der Waals surface area (Å²) in [6, 6.07) is -2.34. The minimum atomic E-state index is -1.44. The van der Waals surface area contributed by atoms with E-state index in [-0.39, 0.29) is 62.4 Å². The quantitative estimate of drug-likeness (QED) is 0.0192. The molecule has 0 aromatic heterocycles. The van der Waals surface area contributed by atoms with E-state index in [0.29, 0.717) is 45.3 Å². The standard InChI is InChI=1S/C53H105N9O6.CH4.3ClH/c1-4-6-8-10-12-14-16-18-20-22-24-26-28-32-40-62(41-33-29-27-25-23-21-19-17-15-13-11-9-7-5-2)42-39-57-51(67)46(36-30-31-37-54)61-52(68)47(43-49(64)65)60-48(63)44-59-50(66)45(3)35-34-38-58-53(55)56;;;;/h45-47H,4-44,54H2,1-3H3,(H,57,67)(H,59,66)(H,60,63)(H,61,68)(H,64,65)(H4,55,56,58);1H4;3*1H/p-1. The molecule has 0 rings (SSSR count). The Labute approximate surface area is 458 Å². The molecule has 3 unspecified atom stereocenters. The van der Waals surface area contributed by atoms with Gasteiger partial charge in [0.05, 0.1) is 45.7 Å². The summed E-state index contributed by atoms with van der Waals surface area (Å²) in [5.41, 5.74) is 14.6. The number of hydrogen-bond donors (Lipinski definition) is 9. The van der Waals surface area contributed by atoms with E-state index in [2.05, 4.69) is 45.8 Å². The Balaban J connectivity index is -0.00000374. The number of nitrogens with one attached hydrogen (secondary N) is 5. The van der Waals surface area contributed by atoms with Crippen molar-refractivity contribution < 1.29 is 76.9 Å². The van der Waals surface area contributed by atoms with E-state index in [1.54, 1.807) is 6.92 Å². The van der Waals surface area contributed by atoms with E-state index in [4.69, 9.17) is 11.5 Å². The molecule has 72 heavy (non-hydrogen) atoms. The Morgan fingerprint density at radius 2 is 0.958 bits per heavy atom. The smallest absolute Gasteiger partial charge is 0.305 e. The van der Waals surface area contributed by atoms with Crippen LogP contribution in [0.1, 0.15) is 247 Å². The number of guanidine groups is 1. The Hall–Kier alpha value is -2.59. The van der Waals surface area contributed by atoms with Gasteiger partial charge in [-0.25, -0.2) is 0 Å². The number of quaternary nitrogens is 2. The maximum absolute atomic E-state index is 13.7. The molecule has 0 saturated heterocycles. The van der Waals surface area contributed by atoms with Crippen molar-refractivity contribution in [2.24, 2.45) is 22.4 Å². The number of nitrogens with two attached hydrogens (primary N) is 2. The molecule has 0 aliphatic carbocycles. The highest BCUT2D eigenvalue weighted by atomic mass is 35.5. The van der Waals surface area contributed by atoms with Crippen LogP contribution in [0.2, 0.25) is 0 Å². The Morgan fingerprint density at radius 3 is 1.36 bits per heavy atom. The lowest BCUT2D eigenvalue weighted by Gasteiger charge is -2.24. The van der Waals surface area contributed by atoms with Crippen molar-refractivity contribution >= 4 is 35.6 Å². The van der Waals surface area contributed by atoms with E-state index in [9.17, 15) is 29.1 Å². The van der Waals surface area contributed by atoms with Gasteiger partial charge in [0.15, 0.2) is 5.96 Å². The Kier molecular flexibility index (Phi) is 62.7. The molecule has 18 heteroatoms. The van der Waals surface area contributed by atoms with Crippen LogP contribution in [-0.4, -0.2) is 98.6 Å². The zero-order valence-corrected chi connectivity index (χ0v) is 47.4. The van der Waals surface area contributed by atoms with Crippen molar-refractivity contribution in [2.75, 3.05) is 45.8 Å². The second-order valence-electron chi connectivity index (χ2n) is 19.7. The normalized spacial score (nSPS) is 11.9. The third kappa shape index (κ3) is 50.9. The first-order chi connectivity index (χ1) is 32.9. The largest absolute Gasteiger partial charge is 1.00 e. The first-order valence-electron chi connectivity index (χ1n) is 28.0. The molecule has 0 bridgehead atoms. The van der Waals surface area contributed by atoms with E-state index in [0.717, 1.165) is 26.1 Å². The van der Waals surface area contributed by atoms with Crippen LogP contribution in [0, 0.1) is 5.92 Å². The third-order valence-corrected chi connectivity index (χ3v) is 13.2. The molecule has 0 saturated carbocycles. The number of amides is 4. The minimum absolute atomic E-state index is 0. The van der Waals surface area contributed by atoms with Crippen molar-refractivity contribution in [2.45, 2.75) is 259 Å². The first kappa shape index (κ1) is 78.3. The number of halogens is 3. The Bertz CT molecular complexity index is 1270. The summed E-state index contributed by atoms with van der Waals surface area (Å²) >= 11 is 0. The van der Waals surface area contributed by atoms with Gasteiger partial charge in [0, 0.05) is 12.5 Å². The molecule has 0 aliphatic rings. The van der Waals surface area contributed by atoms with Crippen molar-refractivity contribution in [3.05, 3.63) is 0 Å². The van der Waals surface area contributed by atoms with Gasteiger partial charge < -0.3 is 85.7 Å². The summed E-state index contributed by atoms with van der Waals surface area (Å²) in [5, 5.41) is 20.4. The molecule has 0 aliphatic heterocycles. The number of nitrogens with zero attached hydrogens (tertiary/aromatic N) is 1. The van der Waals surface area contributed by atoms with Crippen molar-refractivity contribution in [1.82, 2.24) is 21.3 Å². The number of carboxylic acids is 1. The highest BCUT2D eigenvalue weighted by Crippen LogP contribution is 2.15. The maximum atomic E-state index is 13.7. The van der Waals surface area contributed by atoms with Crippen LogP contribution in [0.25, 0.3) is 0 Å². The first-order valence-corrected chi connectivity index (χ1v) is 28.0. The van der Waals surface area contributed by atoms with Gasteiger partial charge in [0.25, 0.3) is 0 Å². The average Bonchev–Trinajstić information content (AvgIpc) is 3.31. The number of aliphatic imine (C=N–C) groups is 1. The van der Waals surface area contributed by atoms with Gasteiger partial charge in [-0.05, 0) is 57.8 Å². The molecule has 0 spiro atoms. The fraction of sp³-hybridized carbons (Fsp3) is 0.889. The van der Waals surface area contributed by atoms with Gasteiger partial charge >= 0.3 is 5.97 Å². The number of hydrogen-bond acceptors (Lipinski definition) is 6. The zero-order valence-electron chi connectivity index (χ0n) is 45.2. The van der Waals surface area contributed by atoms with Crippen LogP contribution in [0.3, 0.4) is 0 Å². The number of carbonyl (C=O) groups is 5. The van der Waals surface area contributed by atoms with E-state index in [1.165, 1.54) is 185 Å². The third-order valence-electron chi connectivity index (χ3n) is 13.2. The van der Waals surface area contributed by atoms with Gasteiger partial charge in [0.2, 0.25) is 23.6 Å². The molecule has 0 aromatic rings. The fourth-order valence-electron chi connectivity index (χ4n) is 8.77. The second kappa shape index (κ2) is 57.7. The van der Waals surface area contributed by atoms with Gasteiger partial charge in [-0.15, -0.1) is 0 Å². The van der Waals surface area contributed by atoms with Gasteiger partial charge in [-0.2, -0.15) is 0 Å². The molecule has 13 N–H and O–H groups in total. The molecule has 430 valence electrons. The van der Waals surface area contributed by atoms with Crippen molar-refractivity contribution in [3.63, 3.8) is 0 Å². The summed E-state index contributed by atoms with van der Waals surface area (Å²) in [7, 11) is 0. The maximum Gasteiger partial charge on any atom is 0.305 e. The number of carboxylic acid groups (broad SMARTS) is 1. The predicted octanol–water partition coefficient (Wildman–Crippen LogP) is -1.74. The highest BCUT2D eigenvalue weighted by molar-refractivity contribution is 5.95. The molecular weight excluding hydrogens is 977 g/mol. The SMILES string of the molecule is C.CCCCCCCCCCCCCCCC[NH+](CCCCCCCCCCCCCCCC)CCNC(=O)C(CCCC[NH3+])NC(=O)C(CC(=O)O)NC(=O)CNC(=O)C(C)CCCN=C(N)N.[Cl-].[Cl-].[Cl-]. The molecule has 0 heterocycles. The fourth-order valence-corrected chi connectivity index (χ4v) is 8.77. The van der Waals surface area contributed by atoms with Crippen LogP contribution >= 0.6 is 0 Å². The van der Waals surface area contributed by atoms with E-state index < -0.39 is 48.8 Å². The minimum Gasteiger partial charge on any atom is -1.00 e. The van der Waals surface area contributed by atoms with Crippen LogP contribution in [0.4, 0.5) is 0 Å². The second-order valence-corrected chi connectivity index (χ2v) is 19.7. The predicted molar refractivity (Wildman–Crippen MR) is 286 cm³/mol. The van der Waals surface area contributed by atoms with Crippen LogP contribution < -0.4 is 80.6 Å². The zero-order chi connectivity index (χ0) is 50.3. The summed E-state index contributed by atoms with van der Waals surface area (Å²) in [5.74, 6) is -3.91. The molecule has 0 aromatic carbocycles. The number of unbranched alkanes of at least 4 members (excludes halogenated alkanes) is 27. The molecular formula is C54H111Cl3N9O6-. The van der Waals surface area contributed by atoms with E-state index in [1.807, 2.05) is 0 Å². The number of rotatable bonds is 50. The molecule has 15 nitrogen and oxygen atoms in total. The lowest BCUT2D eigenvalue weighted by Crippen LogP contribution is -3.12. The van der Waals surface area contributed by atoms with Crippen LogP contribution in [-0.2, 0) is 24.0 Å². The molecule has 0 radical (unpaired) electrons. The van der Waals surface area contributed by atoms with Gasteiger partial charge in [0.1, 0.15) is 12.1 Å². The molecule has 0 fully saturated rings. The lowest BCUT2D eigenvalue weighted by atomic mass is 10.0. The topological polar surface area (TPSA) is 250 Å². The van der Waals surface area contributed by atoms with Gasteiger partial charge in [-0.3, -0.25) is 29.0 Å². The van der Waals surface area contributed by atoms with Gasteiger partial charge in [-0.1, -0.05) is 182 Å². The highest BCUT2D eigenvalue weighted by Gasteiger charge is 2.29. The lowest BCUT2D eigenvalue weighted by molar-refractivity contribution is -0.899. The molecule has 4 amide bonds. The monoisotopic (exact) mass is 1090 g/mol. The summed E-state index contributed by atoms with van der Waals surface area (Å²) < 4.78 is 0. The number of aliphatic carboxylic acids is 1. The average molecular weight is 1090 g/mol. The van der Waals surface area contributed by atoms with E-state index >= 15 is 0 Å². The van der Waals surface area contributed by atoms with Crippen molar-refractivity contribution in [1.29, 1.82) is 0 Å².